The Morgan fingerprint density at radius 2 is 1.87 bits per heavy atom. The number of carbonyl (C=O) groups excluding carboxylic acids is 1. The first-order chi connectivity index (χ1) is 10.8. The van der Waals surface area contributed by atoms with Gasteiger partial charge in [0, 0.05) is 12.0 Å². The predicted molar refractivity (Wildman–Crippen MR) is 85.8 cm³/mol. The van der Waals surface area contributed by atoms with Crippen molar-refractivity contribution in [2.75, 3.05) is 0 Å². The van der Waals surface area contributed by atoms with Gasteiger partial charge in [-0.3, -0.25) is 0 Å². The Bertz CT molecular complexity index is 541. The predicted octanol–water partition coefficient (Wildman–Crippen LogP) is 2.33. The van der Waals surface area contributed by atoms with Gasteiger partial charge in [0.1, 0.15) is 6.61 Å². The third-order valence-electron chi connectivity index (χ3n) is 3.39. The van der Waals surface area contributed by atoms with Crippen LogP contribution < -0.4 is 5.32 Å². The molecule has 1 amide bonds. The van der Waals surface area contributed by atoms with E-state index in [0.29, 0.717) is 0 Å². The zero-order valence-electron chi connectivity index (χ0n) is 13.4. The number of rotatable bonds is 8. The second-order valence-electron chi connectivity index (χ2n) is 5.66. The third kappa shape index (κ3) is 6.52. The summed E-state index contributed by atoms with van der Waals surface area (Å²) in [6.07, 6.45) is -1.84. The fourth-order valence-corrected chi connectivity index (χ4v) is 2.07. The van der Waals surface area contributed by atoms with E-state index in [1.165, 1.54) is 0 Å². The summed E-state index contributed by atoms with van der Waals surface area (Å²) < 4.78 is 5.11. The minimum Gasteiger partial charge on any atom is -0.478 e. The lowest BCUT2D eigenvalue weighted by molar-refractivity contribution is -0.133. The van der Waals surface area contributed by atoms with Gasteiger partial charge in [0.15, 0.2) is 0 Å². The molecular weight excluding hydrogens is 298 g/mol. The molecule has 0 saturated heterocycles. The molecule has 23 heavy (non-hydrogen) atoms. The van der Waals surface area contributed by atoms with E-state index < -0.39 is 24.2 Å². The maximum Gasteiger partial charge on any atom is 0.407 e. The number of aliphatic hydroxyl groups is 1. The zero-order chi connectivity index (χ0) is 17.4. The maximum absolute atomic E-state index is 11.9. The van der Waals surface area contributed by atoms with Gasteiger partial charge in [0.05, 0.1) is 12.1 Å². The van der Waals surface area contributed by atoms with Gasteiger partial charge < -0.3 is 20.3 Å². The van der Waals surface area contributed by atoms with Crippen LogP contribution in [0.3, 0.4) is 0 Å². The lowest BCUT2D eigenvalue weighted by atomic mass is 9.94. The van der Waals surface area contributed by atoms with Crippen LogP contribution in [0.1, 0.15) is 25.8 Å². The highest BCUT2D eigenvalue weighted by molar-refractivity contribution is 5.85. The van der Waals surface area contributed by atoms with Crippen molar-refractivity contribution in [3.8, 4) is 0 Å². The quantitative estimate of drug-likeness (QED) is 0.639. The summed E-state index contributed by atoms with van der Waals surface area (Å²) in [5.41, 5.74) is 0.742. The largest absolute Gasteiger partial charge is 0.478 e. The van der Waals surface area contributed by atoms with Crippen LogP contribution >= 0.6 is 0 Å². The Labute approximate surface area is 135 Å². The minimum absolute atomic E-state index is 0.101. The molecular formula is C17H23NO5. The van der Waals surface area contributed by atoms with Crippen molar-refractivity contribution < 1.29 is 24.5 Å². The van der Waals surface area contributed by atoms with E-state index in [9.17, 15) is 14.7 Å². The summed E-state index contributed by atoms with van der Waals surface area (Å²) in [6.45, 7) is 7.14. The molecule has 2 atom stereocenters. The van der Waals surface area contributed by atoms with Crippen molar-refractivity contribution >= 4 is 12.1 Å². The van der Waals surface area contributed by atoms with Gasteiger partial charge in [-0.05, 0) is 11.5 Å². The van der Waals surface area contributed by atoms with Crippen LogP contribution in [-0.4, -0.2) is 34.4 Å². The van der Waals surface area contributed by atoms with Gasteiger partial charge in [-0.15, -0.1) is 0 Å². The fraction of sp³-hybridized carbons (Fsp3) is 0.412. The Hall–Kier alpha value is -2.34. The summed E-state index contributed by atoms with van der Waals surface area (Å²) in [4.78, 5) is 22.7. The van der Waals surface area contributed by atoms with Crippen LogP contribution in [0.4, 0.5) is 4.79 Å². The van der Waals surface area contributed by atoms with Crippen LogP contribution in [0, 0.1) is 5.92 Å². The summed E-state index contributed by atoms with van der Waals surface area (Å²) >= 11 is 0. The van der Waals surface area contributed by atoms with Crippen molar-refractivity contribution in [1.82, 2.24) is 5.32 Å². The molecule has 1 aromatic carbocycles. The third-order valence-corrected chi connectivity index (χ3v) is 3.39. The monoisotopic (exact) mass is 321 g/mol. The highest BCUT2D eigenvalue weighted by atomic mass is 16.5. The summed E-state index contributed by atoms with van der Waals surface area (Å²) in [5, 5.41) is 21.5. The average Bonchev–Trinajstić information content (AvgIpc) is 2.51. The van der Waals surface area contributed by atoms with Crippen LogP contribution in [-0.2, 0) is 16.1 Å². The van der Waals surface area contributed by atoms with E-state index in [1.807, 2.05) is 44.2 Å². The molecule has 0 heterocycles. The summed E-state index contributed by atoms with van der Waals surface area (Å²) in [6, 6.07) is 8.58. The molecule has 1 rings (SSSR count). The number of amides is 1. The SMILES string of the molecule is C=C(C[C@H](O)[C@@H](NC(=O)OCc1ccccc1)C(C)C)C(=O)O. The molecule has 0 aliphatic carbocycles. The van der Waals surface area contributed by atoms with E-state index in [0.717, 1.165) is 5.56 Å². The second kappa shape index (κ2) is 8.95. The standard InChI is InChI=1S/C17H23NO5/c1-11(2)15(14(19)9-12(3)16(20)21)18-17(22)23-10-13-7-5-4-6-8-13/h4-8,11,14-15,19H,3,9-10H2,1-2H3,(H,18,22)(H,20,21)/t14-,15-/m0/s1. The Morgan fingerprint density at radius 1 is 1.26 bits per heavy atom. The molecule has 0 saturated carbocycles. The lowest BCUT2D eigenvalue weighted by Gasteiger charge is -2.27. The average molecular weight is 321 g/mol. The molecule has 126 valence electrons. The molecule has 0 spiro atoms. The number of aliphatic hydroxyl groups excluding tert-OH is 1. The number of alkyl carbamates (subject to hydrolysis) is 1. The first-order valence-electron chi connectivity index (χ1n) is 7.37. The number of aliphatic carboxylic acids is 1. The number of nitrogens with one attached hydrogen (secondary N) is 1. The molecule has 3 N–H and O–H groups in total. The van der Waals surface area contributed by atoms with E-state index in [1.54, 1.807) is 0 Å². The van der Waals surface area contributed by atoms with Crippen LogP contribution in [0.2, 0.25) is 0 Å². The van der Waals surface area contributed by atoms with Crippen molar-refractivity contribution in [2.45, 2.75) is 39.0 Å². The van der Waals surface area contributed by atoms with Gasteiger partial charge in [0.2, 0.25) is 0 Å². The van der Waals surface area contributed by atoms with Gasteiger partial charge in [-0.25, -0.2) is 9.59 Å². The number of carbonyl (C=O) groups is 2. The number of hydrogen-bond donors (Lipinski definition) is 3. The number of benzene rings is 1. The molecule has 1 aromatic rings. The molecule has 6 nitrogen and oxygen atoms in total. The summed E-state index contributed by atoms with van der Waals surface area (Å²) in [7, 11) is 0. The van der Waals surface area contributed by atoms with Crippen LogP contribution in [0.15, 0.2) is 42.5 Å². The van der Waals surface area contributed by atoms with Gasteiger partial charge in [-0.1, -0.05) is 50.8 Å². The molecule has 6 heteroatoms. The van der Waals surface area contributed by atoms with E-state index >= 15 is 0 Å². The highest BCUT2D eigenvalue weighted by Gasteiger charge is 2.26. The van der Waals surface area contributed by atoms with E-state index in [2.05, 4.69) is 11.9 Å². The second-order valence-corrected chi connectivity index (χ2v) is 5.66. The molecule has 0 fully saturated rings. The lowest BCUT2D eigenvalue weighted by Crippen LogP contribution is -2.47. The van der Waals surface area contributed by atoms with Crippen molar-refractivity contribution in [2.24, 2.45) is 5.92 Å². The van der Waals surface area contributed by atoms with Gasteiger partial charge in [-0.2, -0.15) is 0 Å². The topological polar surface area (TPSA) is 95.9 Å². The number of carboxylic acids is 1. The number of carboxylic acid groups (broad SMARTS) is 1. The van der Waals surface area contributed by atoms with E-state index in [-0.39, 0.29) is 24.5 Å². The molecule has 0 aromatic heterocycles. The molecule has 0 aliphatic heterocycles. The normalized spacial score (nSPS) is 13.2. The van der Waals surface area contributed by atoms with Crippen molar-refractivity contribution in [1.29, 1.82) is 0 Å². The Balaban J connectivity index is 2.55. The minimum atomic E-state index is -1.17. The molecule has 0 bridgehead atoms. The van der Waals surface area contributed by atoms with E-state index in [4.69, 9.17) is 9.84 Å². The van der Waals surface area contributed by atoms with Crippen molar-refractivity contribution in [3.05, 3.63) is 48.0 Å². The first kappa shape index (κ1) is 18.7. The zero-order valence-corrected chi connectivity index (χ0v) is 13.4. The smallest absolute Gasteiger partial charge is 0.407 e. The first-order valence-corrected chi connectivity index (χ1v) is 7.37. The van der Waals surface area contributed by atoms with Gasteiger partial charge >= 0.3 is 12.1 Å². The highest BCUT2D eigenvalue weighted by Crippen LogP contribution is 2.14. The van der Waals surface area contributed by atoms with Crippen LogP contribution in [0.25, 0.3) is 0 Å². The maximum atomic E-state index is 11.9. The number of hydrogen-bond acceptors (Lipinski definition) is 4. The summed E-state index contributed by atoms with van der Waals surface area (Å²) in [5.74, 6) is -1.27. The Morgan fingerprint density at radius 3 is 2.39 bits per heavy atom. The van der Waals surface area contributed by atoms with Crippen LogP contribution in [0.5, 0.6) is 0 Å². The van der Waals surface area contributed by atoms with Crippen molar-refractivity contribution in [3.63, 3.8) is 0 Å². The Kier molecular flexibility index (Phi) is 7.28. The fourth-order valence-electron chi connectivity index (χ4n) is 2.07. The molecule has 0 aliphatic rings. The number of ether oxygens (including phenoxy) is 1. The molecule has 0 radical (unpaired) electrons. The molecule has 0 unspecified atom stereocenters. The van der Waals surface area contributed by atoms with Gasteiger partial charge in [0.25, 0.3) is 0 Å².